The van der Waals surface area contributed by atoms with Crippen molar-refractivity contribution < 1.29 is 22.7 Å². The van der Waals surface area contributed by atoms with Crippen molar-refractivity contribution in [1.82, 2.24) is 5.43 Å². The molecular formula is C35H33N3O5S. The van der Waals surface area contributed by atoms with Crippen molar-refractivity contribution in [2.45, 2.75) is 25.3 Å². The van der Waals surface area contributed by atoms with Crippen LogP contribution in [-0.4, -0.2) is 33.7 Å². The molecule has 0 aliphatic rings. The van der Waals surface area contributed by atoms with Gasteiger partial charge in [-0.25, -0.2) is 13.8 Å². The van der Waals surface area contributed by atoms with Gasteiger partial charge in [-0.3, -0.25) is 9.10 Å². The maximum Gasteiger partial charge on any atom is 0.264 e. The van der Waals surface area contributed by atoms with Crippen LogP contribution >= 0.6 is 0 Å². The normalized spacial score (nSPS) is 11.4. The van der Waals surface area contributed by atoms with Gasteiger partial charge in [-0.15, -0.1) is 0 Å². The third kappa shape index (κ3) is 7.43. The molecule has 0 fully saturated rings. The molecule has 5 aromatic rings. The van der Waals surface area contributed by atoms with Crippen LogP contribution in [0.3, 0.4) is 0 Å². The first kappa shape index (κ1) is 30.3. The van der Waals surface area contributed by atoms with Gasteiger partial charge in [-0.2, -0.15) is 5.10 Å². The summed E-state index contributed by atoms with van der Waals surface area (Å²) in [6.45, 7) is 4.18. The molecule has 0 aromatic heterocycles. The Bertz CT molecular complexity index is 1850. The smallest absolute Gasteiger partial charge is 0.264 e. The topological polar surface area (TPSA) is 97.3 Å². The first-order valence-corrected chi connectivity index (χ1v) is 15.6. The summed E-state index contributed by atoms with van der Waals surface area (Å²) in [5, 5.41) is 6.36. The second kappa shape index (κ2) is 13.9. The maximum absolute atomic E-state index is 13.6. The highest BCUT2D eigenvalue weighted by Crippen LogP contribution is 2.26. The fourth-order valence-electron chi connectivity index (χ4n) is 4.60. The highest BCUT2D eigenvalue weighted by Gasteiger charge is 2.27. The number of carbonyl (C=O) groups excluding carboxylic acids is 1. The highest BCUT2D eigenvalue weighted by molar-refractivity contribution is 7.92. The number of sulfonamides is 1. The lowest BCUT2D eigenvalue weighted by atomic mass is 10.1. The number of amides is 1. The molecule has 0 spiro atoms. The number of rotatable bonds is 12. The van der Waals surface area contributed by atoms with Crippen LogP contribution < -0.4 is 19.2 Å². The highest BCUT2D eigenvalue weighted by atomic mass is 32.2. The van der Waals surface area contributed by atoms with Crippen LogP contribution in [-0.2, 0) is 21.4 Å². The quantitative estimate of drug-likeness (QED) is 0.130. The van der Waals surface area contributed by atoms with E-state index in [1.165, 1.54) is 18.3 Å². The molecule has 0 aliphatic carbocycles. The van der Waals surface area contributed by atoms with E-state index in [1.54, 1.807) is 36.4 Å². The molecule has 0 saturated heterocycles. The second-order valence-corrected chi connectivity index (χ2v) is 11.9. The minimum atomic E-state index is -4.05. The van der Waals surface area contributed by atoms with Crippen molar-refractivity contribution in [1.29, 1.82) is 0 Å². The van der Waals surface area contributed by atoms with Gasteiger partial charge in [0.25, 0.3) is 15.9 Å². The molecule has 0 radical (unpaired) electrons. The number of nitrogens with zero attached hydrogens (tertiary/aromatic N) is 2. The van der Waals surface area contributed by atoms with Gasteiger partial charge in [0.2, 0.25) is 0 Å². The average Bonchev–Trinajstić information content (AvgIpc) is 3.04. The van der Waals surface area contributed by atoms with E-state index in [0.717, 1.165) is 31.8 Å². The number of hydrogen-bond donors (Lipinski definition) is 1. The summed E-state index contributed by atoms with van der Waals surface area (Å²) in [5.74, 6) is 0.704. The van der Waals surface area contributed by atoms with Crippen molar-refractivity contribution in [3.05, 3.63) is 132 Å². The van der Waals surface area contributed by atoms with Gasteiger partial charge in [-0.1, -0.05) is 60.2 Å². The molecule has 8 nitrogen and oxygen atoms in total. The van der Waals surface area contributed by atoms with Gasteiger partial charge < -0.3 is 9.47 Å². The monoisotopic (exact) mass is 607 g/mol. The van der Waals surface area contributed by atoms with E-state index in [0.29, 0.717) is 30.4 Å². The van der Waals surface area contributed by atoms with Crippen LogP contribution in [0.4, 0.5) is 5.69 Å². The molecule has 224 valence electrons. The largest absolute Gasteiger partial charge is 0.494 e. The van der Waals surface area contributed by atoms with E-state index in [-0.39, 0.29) is 4.90 Å². The molecule has 1 amide bonds. The van der Waals surface area contributed by atoms with Crippen LogP contribution in [0.1, 0.15) is 23.6 Å². The molecule has 5 aromatic carbocycles. The summed E-state index contributed by atoms with van der Waals surface area (Å²) >= 11 is 0. The zero-order valence-electron chi connectivity index (χ0n) is 24.5. The number of hydrazone groups is 1. The molecule has 1 N–H and O–H groups in total. The Morgan fingerprint density at radius 1 is 0.818 bits per heavy atom. The van der Waals surface area contributed by atoms with Gasteiger partial charge in [-0.05, 0) is 96.4 Å². The Kier molecular flexibility index (Phi) is 9.56. The van der Waals surface area contributed by atoms with Crippen molar-refractivity contribution in [2.24, 2.45) is 5.10 Å². The van der Waals surface area contributed by atoms with Crippen LogP contribution in [0.5, 0.6) is 11.5 Å². The Labute approximate surface area is 257 Å². The predicted octanol–water partition coefficient (Wildman–Crippen LogP) is 6.47. The minimum absolute atomic E-state index is 0.0797. The summed E-state index contributed by atoms with van der Waals surface area (Å²) in [5.41, 5.74) is 5.52. The third-order valence-electron chi connectivity index (χ3n) is 6.89. The lowest BCUT2D eigenvalue weighted by Gasteiger charge is -2.24. The number of benzene rings is 5. The SMILES string of the molecule is CCOc1ccc(N(CC(=O)N/N=C\c2ccc(OCc3cccc4ccccc34)cc2)S(=O)(=O)c2ccc(C)cc2)cc1. The van der Waals surface area contributed by atoms with Crippen LogP contribution in [0.15, 0.2) is 125 Å². The van der Waals surface area contributed by atoms with Gasteiger partial charge >= 0.3 is 0 Å². The van der Waals surface area contributed by atoms with Crippen molar-refractivity contribution in [3.63, 3.8) is 0 Å². The molecular weight excluding hydrogens is 574 g/mol. The molecule has 0 bridgehead atoms. The zero-order valence-corrected chi connectivity index (χ0v) is 25.3. The standard InChI is InChI=1S/C35H33N3O5S/c1-3-42-31-19-15-30(16-20-31)38(44(40,41)33-21-11-26(2)12-22-33)24-35(39)37-36-23-27-13-17-32(18-14-27)43-25-29-9-6-8-28-7-4-5-10-34(28)29/h4-23H,3,24-25H2,1-2H3,(H,37,39)/b36-23-. The Balaban J connectivity index is 1.23. The third-order valence-corrected chi connectivity index (χ3v) is 8.68. The molecule has 5 rings (SSSR count). The number of ether oxygens (including phenoxy) is 2. The van der Waals surface area contributed by atoms with Gasteiger partial charge in [0, 0.05) is 0 Å². The summed E-state index contributed by atoms with van der Waals surface area (Å²) in [6.07, 6.45) is 1.49. The van der Waals surface area contributed by atoms with E-state index in [2.05, 4.69) is 34.8 Å². The Hall–Kier alpha value is -5.15. The number of anilines is 1. The van der Waals surface area contributed by atoms with E-state index in [4.69, 9.17) is 9.47 Å². The fraction of sp³-hybridized carbons (Fsp3) is 0.143. The molecule has 0 aliphatic heterocycles. The number of hydrogen-bond acceptors (Lipinski definition) is 6. The Morgan fingerprint density at radius 2 is 1.48 bits per heavy atom. The lowest BCUT2D eigenvalue weighted by molar-refractivity contribution is -0.119. The first-order chi connectivity index (χ1) is 21.3. The molecule has 0 saturated carbocycles. The van der Waals surface area contributed by atoms with E-state index >= 15 is 0 Å². The van der Waals surface area contributed by atoms with E-state index in [9.17, 15) is 13.2 Å². The zero-order chi connectivity index (χ0) is 30.9. The number of aryl methyl sites for hydroxylation is 1. The second-order valence-electron chi connectivity index (χ2n) is 10.0. The molecule has 0 atom stereocenters. The minimum Gasteiger partial charge on any atom is -0.494 e. The molecule has 0 unspecified atom stereocenters. The summed E-state index contributed by atoms with van der Waals surface area (Å²) in [4.78, 5) is 13.0. The Morgan fingerprint density at radius 3 is 2.20 bits per heavy atom. The first-order valence-electron chi connectivity index (χ1n) is 14.2. The number of nitrogens with one attached hydrogen (secondary N) is 1. The van der Waals surface area contributed by atoms with Gasteiger partial charge in [0.15, 0.2) is 0 Å². The van der Waals surface area contributed by atoms with Gasteiger partial charge in [0.05, 0.1) is 23.4 Å². The van der Waals surface area contributed by atoms with Crippen molar-refractivity contribution in [2.75, 3.05) is 17.5 Å². The number of carbonyl (C=O) groups is 1. The summed E-state index contributed by atoms with van der Waals surface area (Å²) in [7, 11) is -4.05. The molecule has 44 heavy (non-hydrogen) atoms. The van der Waals surface area contributed by atoms with Crippen molar-refractivity contribution in [3.8, 4) is 11.5 Å². The van der Waals surface area contributed by atoms with Crippen LogP contribution in [0, 0.1) is 6.92 Å². The molecule has 0 heterocycles. The maximum atomic E-state index is 13.6. The summed E-state index contributed by atoms with van der Waals surface area (Å²) < 4.78 is 39.7. The van der Waals surface area contributed by atoms with E-state index in [1.807, 2.05) is 56.3 Å². The molecule has 9 heteroatoms. The van der Waals surface area contributed by atoms with Gasteiger partial charge in [0.1, 0.15) is 24.7 Å². The summed E-state index contributed by atoms with van der Waals surface area (Å²) in [6, 6.07) is 34.7. The van der Waals surface area contributed by atoms with Crippen molar-refractivity contribution >= 4 is 38.6 Å². The van der Waals surface area contributed by atoms with Crippen LogP contribution in [0.2, 0.25) is 0 Å². The van der Waals surface area contributed by atoms with E-state index < -0.39 is 22.5 Å². The fourth-order valence-corrected chi connectivity index (χ4v) is 6.02. The van der Waals surface area contributed by atoms with Crippen LogP contribution in [0.25, 0.3) is 10.8 Å². The predicted molar refractivity (Wildman–Crippen MR) is 174 cm³/mol. The number of fused-ring (bicyclic) bond motifs is 1. The average molecular weight is 608 g/mol. The lowest BCUT2D eigenvalue weighted by Crippen LogP contribution is -2.39.